The Balaban J connectivity index is 1.72. The van der Waals surface area contributed by atoms with Gasteiger partial charge < -0.3 is 20.1 Å². The lowest BCUT2D eigenvalue weighted by atomic mass is 10.0. The first kappa shape index (κ1) is 25.8. The third kappa shape index (κ3) is 5.43. The molecule has 3 aromatic rings. The number of carbonyl (C=O) groups excluding carboxylic acids is 2. The highest BCUT2D eigenvalue weighted by molar-refractivity contribution is 6.02. The van der Waals surface area contributed by atoms with Crippen LogP contribution in [0.5, 0.6) is 5.75 Å². The number of anilines is 1. The van der Waals surface area contributed by atoms with E-state index in [9.17, 15) is 19.5 Å². The molecule has 4 rings (SSSR count). The zero-order valence-electron chi connectivity index (χ0n) is 21.0. The van der Waals surface area contributed by atoms with E-state index in [2.05, 4.69) is 11.9 Å². The van der Waals surface area contributed by atoms with Gasteiger partial charge in [-0.2, -0.15) is 0 Å². The molecule has 0 saturated carbocycles. The number of ether oxygens (including phenoxy) is 1. The zero-order chi connectivity index (χ0) is 26.5. The average Bonchev–Trinajstić information content (AvgIpc) is 3.03. The first-order valence-corrected chi connectivity index (χ1v) is 12.2. The van der Waals surface area contributed by atoms with Gasteiger partial charge in [-0.25, -0.2) is 4.79 Å². The van der Waals surface area contributed by atoms with Crippen LogP contribution < -0.4 is 15.0 Å². The molecule has 0 fully saturated rings. The van der Waals surface area contributed by atoms with Gasteiger partial charge in [0.15, 0.2) is 0 Å². The molecule has 2 N–H and O–H groups in total. The van der Waals surface area contributed by atoms with Gasteiger partial charge in [0.25, 0.3) is 0 Å². The first-order chi connectivity index (χ1) is 17.8. The number of fused-ring (bicyclic) bond motifs is 2. The van der Waals surface area contributed by atoms with Gasteiger partial charge in [0.2, 0.25) is 11.8 Å². The van der Waals surface area contributed by atoms with Crippen LogP contribution in [0.2, 0.25) is 0 Å². The second-order valence-corrected chi connectivity index (χ2v) is 9.09. The molecule has 3 aromatic carbocycles. The number of rotatable bonds is 8. The minimum atomic E-state index is -1.22. The molecule has 1 aliphatic rings. The Kier molecular flexibility index (Phi) is 7.77. The Morgan fingerprint density at radius 1 is 1.19 bits per heavy atom. The van der Waals surface area contributed by atoms with E-state index >= 15 is 0 Å². The fourth-order valence-corrected chi connectivity index (χ4v) is 4.57. The van der Waals surface area contributed by atoms with Crippen molar-refractivity contribution in [3.63, 3.8) is 0 Å². The quantitative estimate of drug-likeness (QED) is 0.447. The van der Waals surface area contributed by atoms with Crippen molar-refractivity contribution in [3.8, 4) is 5.75 Å². The summed E-state index contributed by atoms with van der Waals surface area (Å²) < 4.78 is 5.98. The molecule has 0 unspecified atom stereocenters. The largest absolute Gasteiger partial charge is 0.489 e. The molecular weight excluding hydrogens is 470 g/mol. The van der Waals surface area contributed by atoms with Crippen LogP contribution in [0.25, 0.3) is 10.8 Å². The number of nitrogens with zero attached hydrogens (tertiary/aromatic N) is 2. The summed E-state index contributed by atoms with van der Waals surface area (Å²) in [5.41, 5.74) is 2.63. The molecule has 37 heavy (non-hydrogen) atoms. The molecule has 0 saturated heterocycles. The van der Waals surface area contributed by atoms with E-state index in [0.717, 1.165) is 32.5 Å². The topological polar surface area (TPSA) is 99.2 Å². The molecule has 0 radical (unpaired) electrons. The maximum atomic E-state index is 14.0. The molecule has 0 spiro atoms. The lowest BCUT2D eigenvalue weighted by molar-refractivity contribution is -0.130. The number of amides is 3. The molecule has 1 heterocycles. The Bertz CT molecular complexity index is 1340. The summed E-state index contributed by atoms with van der Waals surface area (Å²) in [6.45, 7) is 5.80. The predicted octanol–water partition coefficient (Wildman–Crippen LogP) is 4.37. The number of hydrogen-bond acceptors (Lipinski definition) is 4. The Morgan fingerprint density at radius 3 is 2.68 bits per heavy atom. The number of benzene rings is 3. The van der Waals surface area contributed by atoms with Crippen molar-refractivity contribution in [2.75, 3.05) is 18.6 Å². The molecule has 1 aliphatic heterocycles. The highest BCUT2D eigenvalue weighted by Crippen LogP contribution is 2.34. The molecule has 0 aromatic heterocycles. The third-order valence-corrected chi connectivity index (χ3v) is 6.80. The summed E-state index contributed by atoms with van der Waals surface area (Å²) in [5.74, 6) is -0.120. The van der Waals surface area contributed by atoms with Crippen LogP contribution in [0.1, 0.15) is 24.5 Å². The van der Waals surface area contributed by atoms with Gasteiger partial charge in [-0.15, -0.1) is 0 Å². The van der Waals surface area contributed by atoms with Crippen LogP contribution in [0.4, 0.5) is 10.5 Å². The van der Waals surface area contributed by atoms with E-state index in [1.54, 1.807) is 11.0 Å². The minimum Gasteiger partial charge on any atom is -0.489 e. The Morgan fingerprint density at radius 2 is 1.92 bits per heavy atom. The lowest BCUT2D eigenvalue weighted by Gasteiger charge is -2.29. The van der Waals surface area contributed by atoms with Crippen molar-refractivity contribution < 1.29 is 24.2 Å². The fourth-order valence-electron chi connectivity index (χ4n) is 4.57. The van der Waals surface area contributed by atoms with Crippen LogP contribution in [-0.2, 0) is 22.6 Å². The van der Waals surface area contributed by atoms with Gasteiger partial charge >= 0.3 is 6.09 Å². The van der Waals surface area contributed by atoms with Crippen LogP contribution in [0, 0.1) is 0 Å². The van der Waals surface area contributed by atoms with Gasteiger partial charge in [-0.05, 0) is 48.2 Å². The number of aryl methyl sites for hydroxylation is 1. The number of nitrogens with one attached hydrogen (secondary N) is 1. The van der Waals surface area contributed by atoms with Gasteiger partial charge in [0.1, 0.15) is 24.4 Å². The van der Waals surface area contributed by atoms with Gasteiger partial charge in [0, 0.05) is 18.3 Å². The number of likely N-dealkylation sites (N-methyl/N-ethyl adjacent to an activating group) is 1. The van der Waals surface area contributed by atoms with Crippen molar-refractivity contribution in [1.82, 2.24) is 10.2 Å². The number of carbonyl (C=O) groups is 3. The second-order valence-electron chi connectivity index (χ2n) is 9.09. The van der Waals surface area contributed by atoms with Gasteiger partial charge in [-0.1, -0.05) is 61.2 Å². The molecule has 8 nitrogen and oxygen atoms in total. The number of hydrogen-bond donors (Lipinski definition) is 2. The highest BCUT2D eigenvalue weighted by Gasteiger charge is 2.34. The molecule has 3 amide bonds. The summed E-state index contributed by atoms with van der Waals surface area (Å²) in [4.78, 5) is 40.8. The van der Waals surface area contributed by atoms with Crippen LogP contribution in [0.3, 0.4) is 0 Å². The first-order valence-electron chi connectivity index (χ1n) is 12.2. The number of carboxylic acid groups (broad SMARTS) is 1. The molecular formula is C29H31N3O5. The maximum absolute atomic E-state index is 14.0. The molecule has 0 aliphatic carbocycles. The third-order valence-electron chi connectivity index (χ3n) is 6.80. The van der Waals surface area contributed by atoms with E-state index in [0.29, 0.717) is 25.2 Å². The Labute approximate surface area is 216 Å². The van der Waals surface area contributed by atoms with E-state index in [1.807, 2.05) is 60.7 Å². The van der Waals surface area contributed by atoms with E-state index in [-0.39, 0.29) is 12.5 Å². The zero-order valence-corrected chi connectivity index (χ0v) is 21.0. The lowest BCUT2D eigenvalue weighted by Crippen LogP contribution is -2.53. The Hall–Kier alpha value is -4.33. The van der Waals surface area contributed by atoms with Crippen LogP contribution >= 0.6 is 0 Å². The standard InChI is InChI=1S/C29H31N3O5/c1-4-17-37-26-16-14-20-9-5-7-11-22(20)23(26)18-32-25-12-8-6-10-21(25)13-15-24(28(32)34)30-27(33)19(2)31(3)29(35)36/h4-12,14,16,19,24H,1,13,15,17-18H2,2-3H3,(H,30,33)(H,35,36)/t19-,24-/m0/s1. The summed E-state index contributed by atoms with van der Waals surface area (Å²) in [7, 11) is 1.33. The van der Waals surface area contributed by atoms with Crippen molar-refractivity contribution in [2.45, 2.75) is 38.4 Å². The monoisotopic (exact) mass is 501 g/mol. The van der Waals surface area contributed by atoms with Crippen molar-refractivity contribution in [3.05, 3.63) is 84.4 Å². The number of para-hydroxylation sites is 1. The predicted molar refractivity (Wildman–Crippen MR) is 143 cm³/mol. The van der Waals surface area contributed by atoms with E-state index < -0.39 is 24.1 Å². The van der Waals surface area contributed by atoms with Crippen molar-refractivity contribution in [2.24, 2.45) is 0 Å². The minimum absolute atomic E-state index is 0.237. The molecule has 192 valence electrons. The molecule has 8 heteroatoms. The summed E-state index contributed by atoms with van der Waals surface area (Å²) in [6, 6.07) is 17.8. The summed E-state index contributed by atoms with van der Waals surface area (Å²) >= 11 is 0. The maximum Gasteiger partial charge on any atom is 0.407 e. The smallest absolute Gasteiger partial charge is 0.407 e. The average molecular weight is 502 g/mol. The van der Waals surface area contributed by atoms with Crippen LogP contribution in [-0.4, -0.2) is 53.7 Å². The molecule has 0 bridgehead atoms. The van der Waals surface area contributed by atoms with E-state index in [1.165, 1.54) is 14.0 Å². The SMILES string of the molecule is C=CCOc1ccc2ccccc2c1CN1C(=O)[C@@H](NC(=O)[C@H](C)N(C)C(=O)O)CCc2ccccc21. The summed E-state index contributed by atoms with van der Waals surface area (Å²) in [6.07, 6.45) is 1.44. The van der Waals surface area contributed by atoms with Crippen LogP contribution in [0.15, 0.2) is 73.3 Å². The highest BCUT2D eigenvalue weighted by atomic mass is 16.5. The van der Waals surface area contributed by atoms with Crippen molar-refractivity contribution in [1.29, 1.82) is 0 Å². The van der Waals surface area contributed by atoms with E-state index in [4.69, 9.17) is 4.74 Å². The van der Waals surface area contributed by atoms with Gasteiger partial charge in [-0.3, -0.25) is 14.5 Å². The summed E-state index contributed by atoms with van der Waals surface area (Å²) in [5, 5.41) is 14.0. The fraction of sp³-hybridized carbons (Fsp3) is 0.276. The van der Waals surface area contributed by atoms with Crippen molar-refractivity contribution >= 4 is 34.4 Å². The normalized spacial score (nSPS) is 15.9. The second kappa shape index (κ2) is 11.2. The molecule has 2 atom stereocenters. The van der Waals surface area contributed by atoms with Gasteiger partial charge in [0.05, 0.1) is 6.54 Å².